The normalized spacial score (nSPS) is 7.00. The second-order valence-electron chi connectivity index (χ2n) is 0.214. The summed E-state index contributed by atoms with van der Waals surface area (Å²) in [5.41, 5.74) is 0. The van der Waals surface area contributed by atoms with Crippen molar-refractivity contribution < 1.29 is 0 Å². The molecular formula is CH3I3NPb. The molecule has 0 amide bonds. The van der Waals surface area contributed by atoms with Gasteiger partial charge < -0.3 is 0 Å². The van der Waals surface area contributed by atoms with Crippen molar-refractivity contribution in [2.45, 2.75) is 0 Å². The predicted octanol–water partition coefficient (Wildman–Crippen LogP) is 1.50. The molecule has 0 rings (SSSR count). The van der Waals surface area contributed by atoms with E-state index in [1.807, 2.05) is 0 Å². The Kier molecular flexibility index (Phi) is 21.6. The van der Waals surface area contributed by atoms with Gasteiger partial charge in [-0.25, -0.2) is 0 Å². The van der Waals surface area contributed by atoms with Gasteiger partial charge in [0.1, 0.15) is 0 Å². The molecule has 0 atom stereocenters. The monoisotopic (exact) mass is 618 g/mol. The van der Waals surface area contributed by atoms with Gasteiger partial charge in [-0.2, -0.15) is 0 Å². The molecule has 6 heavy (non-hydrogen) atoms. The summed E-state index contributed by atoms with van der Waals surface area (Å²) in [4.78, 5) is 0. The Morgan fingerprint density at radius 3 is 1.17 bits per heavy atom. The van der Waals surface area contributed by atoms with Crippen LogP contribution in [0.1, 0.15) is 0 Å². The molecule has 0 aliphatic carbocycles. The molecule has 0 unspecified atom stereocenters. The Morgan fingerprint density at radius 2 is 1.17 bits per heavy atom. The van der Waals surface area contributed by atoms with E-state index in [4.69, 9.17) is 0 Å². The van der Waals surface area contributed by atoms with Gasteiger partial charge in [0, 0.05) is 0 Å². The molecule has 0 bridgehead atoms. The van der Waals surface area contributed by atoms with Crippen molar-refractivity contribution in [3.05, 3.63) is -0.0619 Å². The number of hydrogen-bond acceptors (Lipinski definition) is 1. The van der Waals surface area contributed by atoms with E-state index in [2.05, 4.69) is 71.3 Å². The minimum absolute atomic E-state index is 0.667. The summed E-state index contributed by atoms with van der Waals surface area (Å²) in [6.07, 6.45) is 0. The Balaban J connectivity index is 0. The maximum atomic E-state index is 4.67. The Bertz CT molecular complexity index is 15.5. The van der Waals surface area contributed by atoms with Crippen molar-refractivity contribution in [1.29, 1.82) is 0 Å². The number of nitrogens with two attached hydrogens (primary N) is 1. The van der Waals surface area contributed by atoms with E-state index in [1.165, 1.54) is -0.0619 Å². The molecule has 0 spiro atoms. The first-order chi connectivity index (χ1) is 2.73. The predicted molar refractivity (Wildman–Crippen MR) is 56.6 cm³/mol. The van der Waals surface area contributed by atoms with E-state index in [0.717, 1.165) is 0 Å². The van der Waals surface area contributed by atoms with Crippen LogP contribution in [-0.4, -0.2) is 26.1 Å². The van der Waals surface area contributed by atoms with Crippen LogP contribution in [-0.2, 0) is 0 Å². The van der Waals surface area contributed by atoms with E-state index in [1.54, 1.807) is 0 Å². The topological polar surface area (TPSA) is 26.0 Å². The molecule has 3 radical (unpaired) electrons. The molecular weight excluding hydrogens is 614 g/mol. The van der Waals surface area contributed by atoms with E-state index in [9.17, 15) is 0 Å². The SMILES string of the molecule is I[C](I)I.[NH2][PbH]. The average Bonchev–Trinajstić information content (AvgIpc) is 1.41. The summed E-state index contributed by atoms with van der Waals surface area (Å²) < 4.78 is 5.99. The van der Waals surface area contributed by atoms with Gasteiger partial charge >= 0.3 is 29.6 Å². The fraction of sp³-hybridized carbons (Fsp3) is 0. The quantitative estimate of drug-likeness (QED) is 0.324. The first-order valence-corrected chi connectivity index (χ1v) is 6.73. The summed E-state index contributed by atoms with van der Waals surface area (Å²) in [5.74, 6) is 0. The summed E-state index contributed by atoms with van der Waals surface area (Å²) in [6.45, 7) is 0. The van der Waals surface area contributed by atoms with E-state index >= 15 is 0 Å². The molecule has 0 aromatic heterocycles. The molecule has 0 aliphatic rings. The maximum absolute atomic E-state index is 4.67. The molecule has 0 heterocycles. The molecule has 5 heteroatoms. The standard InChI is InChI=1S/CI3.H2N.Pb.H/c2-1(3)4;;;/h;1H2;;/q;-1;+1;. The van der Waals surface area contributed by atoms with Crippen LogP contribution in [0.25, 0.3) is 0 Å². The third kappa shape index (κ3) is 27.6. The Hall–Kier alpha value is 3.07. The van der Waals surface area contributed by atoms with Crippen LogP contribution in [0.5, 0.6) is 0 Å². The first-order valence-electron chi connectivity index (χ1n) is 0.900. The third-order valence-corrected chi connectivity index (χ3v) is 0. The van der Waals surface area contributed by atoms with E-state index < -0.39 is 0 Å². The van der Waals surface area contributed by atoms with Crippen LogP contribution in [0.15, 0.2) is 0 Å². The zero-order valence-corrected chi connectivity index (χ0v) is 13.7. The number of halogens is 3. The molecule has 0 saturated carbocycles. The molecule has 37 valence electrons. The molecule has 2 N–H and O–H groups in total. The Labute approximate surface area is 95.1 Å². The minimum atomic E-state index is 0.667. The van der Waals surface area contributed by atoms with Gasteiger partial charge in [-0.15, -0.1) is 0 Å². The summed E-state index contributed by atoms with van der Waals surface area (Å²) >= 11 is 7.37. The Morgan fingerprint density at radius 1 is 1.17 bits per heavy atom. The summed E-state index contributed by atoms with van der Waals surface area (Å²) in [5, 5.41) is 0. The first kappa shape index (κ1) is 11.8. The summed E-state index contributed by atoms with van der Waals surface area (Å²) in [6, 6.07) is 0. The molecule has 0 aromatic rings. The molecule has 0 fully saturated rings. The second kappa shape index (κ2) is 10.9. The molecule has 0 aromatic carbocycles. The van der Waals surface area contributed by atoms with E-state index in [-0.39, 0.29) is 0 Å². The fourth-order valence-electron chi connectivity index (χ4n) is 0. The van der Waals surface area contributed by atoms with Crippen LogP contribution in [0.3, 0.4) is 0 Å². The average molecular weight is 617 g/mol. The van der Waals surface area contributed by atoms with Crippen molar-refractivity contribution in [1.82, 2.24) is 0 Å². The van der Waals surface area contributed by atoms with E-state index in [0.29, 0.717) is 26.1 Å². The van der Waals surface area contributed by atoms with Crippen LogP contribution < -0.4 is 3.54 Å². The molecule has 0 saturated heterocycles. The van der Waals surface area contributed by atoms with Crippen molar-refractivity contribution in [3.8, 4) is 0 Å². The zero-order chi connectivity index (χ0) is 5.58. The van der Waals surface area contributed by atoms with Crippen molar-refractivity contribution in [3.63, 3.8) is 0 Å². The van der Waals surface area contributed by atoms with Crippen LogP contribution in [0.2, 0.25) is 0 Å². The second-order valence-corrected chi connectivity index (χ2v) is 9.64. The third-order valence-electron chi connectivity index (χ3n) is 0. The number of rotatable bonds is 0. The van der Waals surface area contributed by atoms with Gasteiger partial charge in [0.25, 0.3) is 0 Å². The van der Waals surface area contributed by atoms with Gasteiger partial charge in [-0.3, -0.25) is 0 Å². The zero-order valence-electron chi connectivity index (χ0n) is 2.79. The fourth-order valence-corrected chi connectivity index (χ4v) is 0. The van der Waals surface area contributed by atoms with Crippen molar-refractivity contribution in [2.75, 3.05) is 0 Å². The number of hydrogen-bond donors (Lipinski definition) is 1. The van der Waals surface area contributed by atoms with Gasteiger partial charge in [0.2, 0.25) is 0 Å². The summed E-state index contributed by atoms with van der Waals surface area (Å²) in [7, 11) is 0. The van der Waals surface area contributed by atoms with Gasteiger partial charge in [-0.05, 0) is 0 Å². The van der Waals surface area contributed by atoms with Gasteiger partial charge in [0.05, 0.1) is 0 Å². The van der Waals surface area contributed by atoms with Crippen molar-refractivity contribution in [2.24, 2.45) is 3.54 Å². The van der Waals surface area contributed by atoms with Gasteiger partial charge in [-0.1, -0.05) is 67.8 Å². The molecule has 0 aliphatic heterocycles. The van der Waals surface area contributed by atoms with Crippen LogP contribution in [0, 0.1) is -0.0619 Å². The van der Waals surface area contributed by atoms with Gasteiger partial charge in [0.15, 0.2) is -0.0619 Å². The molecule has 1 nitrogen and oxygen atoms in total. The van der Waals surface area contributed by atoms with Crippen LogP contribution in [0.4, 0.5) is 0 Å². The van der Waals surface area contributed by atoms with Crippen LogP contribution >= 0.6 is 67.8 Å². The van der Waals surface area contributed by atoms with Crippen molar-refractivity contribution >= 4 is 93.8 Å².